The predicted octanol–water partition coefficient (Wildman–Crippen LogP) is 3.63. The van der Waals surface area contributed by atoms with E-state index < -0.39 is 30.3 Å². The molecule has 2 atom stereocenters. The summed E-state index contributed by atoms with van der Waals surface area (Å²) >= 11 is 0. The molecule has 6 nitrogen and oxygen atoms in total. The van der Waals surface area contributed by atoms with Crippen molar-refractivity contribution in [1.29, 1.82) is 0 Å². The maximum absolute atomic E-state index is 14.1. The van der Waals surface area contributed by atoms with Crippen LogP contribution in [-0.2, 0) is 20.9 Å². The summed E-state index contributed by atoms with van der Waals surface area (Å²) in [5, 5.41) is 4.17. The Morgan fingerprint density at radius 2 is 2.04 bits per heavy atom. The van der Waals surface area contributed by atoms with Gasteiger partial charge in [0.1, 0.15) is 12.8 Å². The molecular weight excluding hydrogens is 370 g/mol. The van der Waals surface area contributed by atoms with Crippen LogP contribution in [0.15, 0.2) is 42.6 Å². The Morgan fingerprint density at radius 1 is 1.25 bits per heavy atom. The van der Waals surface area contributed by atoms with Crippen molar-refractivity contribution in [1.82, 2.24) is 9.78 Å². The number of ether oxygens (including phenoxy) is 3. The summed E-state index contributed by atoms with van der Waals surface area (Å²) in [7, 11) is 1.57. The Balaban J connectivity index is 1.75. The van der Waals surface area contributed by atoms with Crippen LogP contribution in [0.5, 0.6) is 0 Å². The van der Waals surface area contributed by atoms with Gasteiger partial charge in [-0.2, -0.15) is 5.10 Å². The zero-order valence-electron chi connectivity index (χ0n) is 15.7. The van der Waals surface area contributed by atoms with Crippen molar-refractivity contribution in [2.45, 2.75) is 43.9 Å². The average molecular weight is 394 g/mol. The quantitative estimate of drug-likeness (QED) is 0.505. The van der Waals surface area contributed by atoms with Crippen molar-refractivity contribution in [3.05, 3.63) is 53.9 Å². The number of benzene rings is 1. The highest BCUT2D eigenvalue weighted by atomic mass is 19.3. The topological polar surface area (TPSA) is 62.6 Å². The smallest absolute Gasteiger partial charge is 0.338 e. The third kappa shape index (κ3) is 5.14. The molecule has 1 fully saturated rings. The van der Waals surface area contributed by atoms with Crippen LogP contribution in [0.3, 0.4) is 0 Å². The second-order valence-corrected chi connectivity index (χ2v) is 6.80. The van der Waals surface area contributed by atoms with Gasteiger partial charge in [0.05, 0.1) is 18.8 Å². The van der Waals surface area contributed by atoms with Crippen LogP contribution in [0, 0.1) is 0 Å². The first-order valence-electron chi connectivity index (χ1n) is 9.22. The molecule has 0 bridgehead atoms. The zero-order chi connectivity index (χ0) is 20.0. The second-order valence-electron chi connectivity index (χ2n) is 6.80. The highest BCUT2D eigenvalue weighted by Gasteiger charge is 2.45. The maximum atomic E-state index is 14.1. The molecule has 0 unspecified atom stereocenters. The molecule has 0 radical (unpaired) electrons. The molecule has 0 spiro atoms. The minimum Gasteiger partial charge on any atom is -0.458 e. The molecule has 1 saturated carbocycles. The van der Waals surface area contributed by atoms with E-state index >= 15 is 0 Å². The molecule has 1 aliphatic rings. The molecule has 1 aliphatic carbocycles. The zero-order valence-corrected chi connectivity index (χ0v) is 15.7. The van der Waals surface area contributed by atoms with Crippen LogP contribution in [0.2, 0.25) is 0 Å². The SMILES string of the molecule is COCCOCn1nccc1[C@H]1CC(F)(F)CC[C@@H]1OC(=O)c1ccccc1. The summed E-state index contributed by atoms with van der Waals surface area (Å²) in [6, 6.07) is 10.2. The van der Waals surface area contributed by atoms with Gasteiger partial charge in [-0.05, 0) is 24.6 Å². The Hall–Kier alpha value is -2.32. The van der Waals surface area contributed by atoms with Gasteiger partial charge in [-0.3, -0.25) is 0 Å². The number of halogens is 2. The molecule has 0 amide bonds. The van der Waals surface area contributed by atoms with Crippen molar-refractivity contribution >= 4 is 5.97 Å². The van der Waals surface area contributed by atoms with Gasteiger partial charge in [0.15, 0.2) is 0 Å². The molecule has 0 N–H and O–H groups in total. The average Bonchev–Trinajstić information content (AvgIpc) is 3.15. The molecule has 28 heavy (non-hydrogen) atoms. The number of hydrogen-bond donors (Lipinski definition) is 0. The molecule has 3 rings (SSSR count). The second kappa shape index (κ2) is 9.25. The summed E-state index contributed by atoms with van der Waals surface area (Å²) in [4.78, 5) is 12.4. The van der Waals surface area contributed by atoms with Crippen LogP contribution in [-0.4, -0.2) is 48.1 Å². The van der Waals surface area contributed by atoms with Gasteiger partial charge in [0.2, 0.25) is 5.92 Å². The molecule has 0 saturated heterocycles. The Labute approximate surface area is 162 Å². The lowest BCUT2D eigenvalue weighted by molar-refractivity contribution is -0.0818. The molecule has 0 aliphatic heterocycles. The maximum Gasteiger partial charge on any atom is 0.338 e. The lowest BCUT2D eigenvalue weighted by Gasteiger charge is -2.35. The van der Waals surface area contributed by atoms with Crippen LogP contribution in [0.4, 0.5) is 8.78 Å². The summed E-state index contributed by atoms with van der Waals surface area (Å²) < 4.78 is 45.9. The molecule has 2 aromatic rings. The molecule has 1 aromatic heterocycles. The number of nitrogens with zero attached hydrogens (tertiary/aromatic N) is 2. The van der Waals surface area contributed by atoms with Gasteiger partial charge in [0, 0.05) is 37.8 Å². The highest BCUT2D eigenvalue weighted by Crippen LogP contribution is 2.43. The Bertz CT molecular complexity index is 767. The Kier molecular flexibility index (Phi) is 6.74. The van der Waals surface area contributed by atoms with E-state index in [-0.39, 0.29) is 19.6 Å². The summed E-state index contributed by atoms with van der Waals surface area (Å²) in [6.45, 7) is 0.908. The molecule has 152 valence electrons. The van der Waals surface area contributed by atoms with Crippen molar-refractivity contribution in [2.75, 3.05) is 20.3 Å². The lowest BCUT2D eigenvalue weighted by Crippen LogP contribution is -2.38. The first kappa shape index (κ1) is 20.4. The van der Waals surface area contributed by atoms with Crippen molar-refractivity contribution in [2.24, 2.45) is 0 Å². The fourth-order valence-electron chi connectivity index (χ4n) is 3.38. The molecule has 1 aromatic carbocycles. The number of aromatic nitrogens is 2. The normalized spacial score (nSPS) is 21.4. The number of carbonyl (C=O) groups excluding carboxylic acids is 1. The standard InChI is InChI=1S/C20H24F2N2O4/c1-26-11-12-27-14-24-17(8-10-23-24)16-13-20(21,22)9-7-18(16)28-19(25)15-5-3-2-4-6-15/h2-6,8,10,16,18H,7,9,11-14H2,1H3/t16-,18+/m1/s1. The van der Waals surface area contributed by atoms with Gasteiger partial charge in [-0.15, -0.1) is 0 Å². The monoisotopic (exact) mass is 394 g/mol. The number of alkyl halides is 2. The van der Waals surface area contributed by atoms with Crippen LogP contribution >= 0.6 is 0 Å². The van der Waals surface area contributed by atoms with E-state index in [0.29, 0.717) is 24.5 Å². The molecular formula is C20H24F2N2O4. The minimum atomic E-state index is -2.81. The first-order chi connectivity index (χ1) is 13.5. The van der Waals surface area contributed by atoms with Gasteiger partial charge in [0.25, 0.3) is 0 Å². The lowest BCUT2D eigenvalue weighted by atomic mass is 9.81. The van der Waals surface area contributed by atoms with E-state index in [4.69, 9.17) is 14.2 Å². The predicted molar refractivity (Wildman–Crippen MR) is 97.2 cm³/mol. The minimum absolute atomic E-state index is 0.0892. The van der Waals surface area contributed by atoms with Crippen LogP contribution < -0.4 is 0 Å². The van der Waals surface area contributed by atoms with Crippen LogP contribution in [0.25, 0.3) is 0 Å². The third-order valence-corrected chi connectivity index (χ3v) is 4.80. The van der Waals surface area contributed by atoms with Crippen molar-refractivity contribution in [3.63, 3.8) is 0 Å². The highest BCUT2D eigenvalue weighted by molar-refractivity contribution is 5.89. The number of rotatable bonds is 8. The third-order valence-electron chi connectivity index (χ3n) is 4.80. The summed E-state index contributed by atoms with van der Waals surface area (Å²) in [5.74, 6) is -3.99. The number of methoxy groups -OCH3 is 1. The van der Waals surface area contributed by atoms with E-state index in [0.717, 1.165) is 0 Å². The van der Waals surface area contributed by atoms with E-state index in [1.807, 2.05) is 0 Å². The number of hydrogen-bond acceptors (Lipinski definition) is 5. The number of carbonyl (C=O) groups is 1. The van der Waals surface area contributed by atoms with E-state index in [1.165, 1.54) is 10.9 Å². The van der Waals surface area contributed by atoms with Gasteiger partial charge < -0.3 is 14.2 Å². The van der Waals surface area contributed by atoms with Gasteiger partial charge >= 0.3 is 5.97 Å². The fraction of sp³-hybridized carbons (Fsp3) is 0.500. The first-order valence-corrected chi connectivity index (χ1v) is 9.22. The van der Waals surface area contributed by atoms with Gasteiger partial charge in [-0.1, -0.05) is 18.2 Å². The van der Waals surface area contributed by atoms with Gasteiger partial charge in [-0.25, -0.2) is 18.3 Å². The fourth-order valence-corrected chi connectivity index (χ4v) is 3.38. The van der Waals surface area contributed by atoms with Crippen molar-refractivity contribution < 1.29 is 27.8 Å². The molecule has 1 heterocycles. The Morgan fingerprint density at radius 3 is 2.79 bits per heavy atom. The van der Waals surface area contributed by atoms with E-state index in [2.05, 4.69) is 5.10 Å². The van der Waals surface area contributed by atoms with E-state index in [9.17, 15) is 13.6 Å². The van der Waals surface area contributed by atoms with E-state index in [1.54, 1.807) is 43.5 Å². The molecule has 8 heteroatoms. The van der Waals surface area contributed by atoms with Crippen molar-refractivity contribution in [3.8, 4) is 0 Å². The van der Waals surface area contributed by atoms with Crippen LogP contribution in [0.1, 0.15) is 41.2 Å². The summed E-state index contributed by atoms with van der Waals surface area (Å²) in [6.07, 6.45) is 0.268. The number of esters is 1. The largest absolute Gasteiger partial charge is 0.458 e. The summed E-state index contributed by atoms with van der Waals surface area (Å²) in [5.41, 5.74) is 0.970.